The molecule has 0 aromatic heterocycles. The molecule has 2 aliphatic carbocycles. The van der Waals surface area contributed by atoms with Gasteiger partial charge >= 0.3 is 0 Å². The van der Waals surface area contributed by atoms with Crippen molar-refractivity contribution in [2.45, 2.75) is 90.0 Å². The zero-order valence-corrected chi connectivity index (χ0v) is 12.9. The van der Waals surface area contributed by atoms with Crippen LogP contribution in [-0.4, -0.2) is 6.04 Å². The van der Waals surface area contributed by atoms with E-state index in [0.717, 1.165) is 17.8 Å². The Bertz CT molecular complexity index is 225. The van der Waals surface area contributed by atoms with Gasteiger partial charge in [0.1, 0.15) is 0 Å². The van der Waals surface area contributed by atoms with Crippen molar-refractivity contribution >= 4 is 0 Å². The van der Waals surface area contributed by atoms with E-state index in [4.69, 9.17) is 5.84 Å². The lowest BCUT2D eigenvalue weighted by Crippen LogP contribution is -2.47. The topological polar surface area (TPSA) is 38.0 Å². The Labute approximate surface area is 119 Å². The van der Waals surface area contributed by atoms with E-state index in [1.54, 1.807) is 0 Å². The fraction of sp³-hybridized carbons (Fsp3) is 1.00. The van der Waals surface area contributed by atoms with Crippen molar-refractivity contribution in [2.24, 2.45) is 23.6 Å². The third kappa shape index (κ3) is 4.46. The first-order valence-corrected chi connectivity index (χ1v) is 8.81. The van der Waals surface area contributed by atoms with E-state index in [1.165, 1.54) is 77.0 Å². The predicted molar refractivity (Wildman–Crippen MR) is 82.7 cm³/mol. The molecule has 19 heavy (non-hydrogen) atoms. The fourth-order valence-electron chi connectivity index (χ4n) is 4.46. The Kier molecular flexibility index (Phi) is 6.66. The summed E-state index contributed by atoms with van der Waals surface area (Å²) in [4.78, 5) is 0. The van der Waals surface area contributed by atoms with Gasteiger partial charge in [-0.1, -0.05) is 58.3 Å². The van der Waals surface area contributed by atoms with Crippen molar-refractivity contribution in [3.63, 3.8) is 0 Å². The number of rotatable bonds is 4. The van der Waals surface area contributed by atoms with Gasteiger partial charge in [0, 0.05) is 6.04 Å². The van der Waals surface area contributed by atoms with E-state index < -0.39 is 0 Å². The predicted octanol–water partition coefficient (Wildman–Crippen LogP) is 4.40. The van der Waals surface area contributed by atoms with Crippen LogP contribution in [0, 0.1) is 17.8 Å². The maximum Gasteiger partial charge on any atom is 0.0266 e. The van der Waals surface area contributed by atoms with Crippen LogP contribution in [-0.2, 0) is 0 Å². The lowest BCUT2D eigenvalue weighted by atomic mass is 9.72. The molecule has 0 amide bonds. The van der Waals surface area contributed by atoms with Crippen LogP contribution < -0.4 is 11.3 Å². The highest BCUT2D eigenvalue weighted by Crippen LogP contribution is 2.37. The minimum atomic E-state index is 0.593. The molecule has 2 rings (SSSR count). The summed E-state index contributed by atoms with van der Waals surface area (Å²) in [6.45, 7) is 2.35. The highest BCUT2D eigenvalue weighted by molar-refractivity contribution is 4.86. The van der Waals surface area contributed by atoms with Gasteiger partial charge in [-0.25, -0.2) is 0 Å². The van der Waals surface area contributed by atoms with Gasteiger partial charge in [-0.2, -0.15) is 0 Å². The highest BCUT2D eigenvalue weighted by atomic mass is 15.2. The van der Waals surface area contributed by atoms with Crippen molar-refractivity contribution in [1.29, 1.82) is 0 Å². The smallest absolute Gasteiger partial charge is 0.0266 e. The van der Waals surface area contributed by atoms with Gasteiger partial charge in [0.05, 0.1) is 0 Å². The summed E-state index contributed by atoms with van der Waals surface area (Å²) in [6.07, 6.45) is 17.1. The van der Waals surface area contributed by atoms with E-state index in [1.807, 2.05) is 0 Å². The average molecular weight is 266 g/mol. The first kappa shape index (κ1) is 15.3. The third-order valence-corrected chi connectivity index (χ3v) is 5.83. The van der Waals surface area contributed by atoms with Crippen LogP contribution in [0.25, 0.3) is 0 Å². The minimum Gasteiger partial charge on any atom is -0.271 e. The summed E-state index contributed by atoms with van der Waals surface area (Å²) in [6, 6.07) is 0.593. The summed E-state index contributed by atoms with van der Waals surface area (Å²) in [5.74, 6) is 8.62. The van der Waals surface area contributed by atoms with E-state index in [0.29, 0.717) is 6.04 Å². The van der Waals surface area contributed by atoms with E-state index in [9.17, 15) is 0 Å². The standard InChI is InChI=1S/C17H34N2/c1-2-14-10-12-16(13-11-14)17(19-18)15-8-6-4-3-5-7-9-15/h14-17,19H,2-13,18H2,1H3. The number of hydrogen-bond acceptors (Lipinski definition) is 2. The lowest BCUT2D eigenvalue weighted by Gasteiger charge is -2.38. The molecule has 0 aromatic rings. The zero-order valence-electron chi connectivity index (χ0n) is 12.9. The molecule has 0 heterocycles. The summed E-state index contributed by atoms with van der Waals surface area (Å²) in [7, 11) is 0. The van der Waals surface area contributed by atoms with E-state index in [-0.39, 0.29) is 0 Å². The molecule has 3 N–H and O–H groups in total. The van der Waals surface area contributed by atoms with E-state index >= 15 is 0 Å². The second-order valence-electron chi connectivity index (χ2n) is 6.99. The van der Waals surface area contributed by atoms with Gasteiger partial charge in [0.15, 0.2) is 0 Å². The molecule has 2 aliphatic rings. The largest absolute Gasteiger partial charge is 0.271 e. The fourth-order valence-corrected chi connectivity index (χ4v) is 4.46. The molecule has 2 nitrogen and oxygen atoms in total. The summed E-state index contributed by atoms with van der Waals surface area (Å²) in [5, 5.41) is 0. The van der Waals surface area contributed by atoms with Crippen LogP contribution in [0.15, 0.2) is 0 Å². The normalized spacial score (nSPS) is 32.5. The molecule has 0 spiro atoms. The molecule has 112 valence electrons. The third-order valence-electron chi connectivity index (χ3n) is 5.83. The first-order valence-electron chi connectivity index (χ1n) is 8.81. The van der Waals surface area contributed by atoms with Crippen LogP contribution in [0.1, 0.15) is 84.0 Å². The molecule has 0 aromatic carbocycles. The maximum absolute atomic E-state index is 5.94. The van der Waals surface area contributed by atoms with Gasteiger partial charge in [-0.05, 0) is 43.4 Å². The molecule has 1 atom stereocenters. The second-order valence-corrected chi connectivity index (χ2v) is 6.99. The van der Waals surface area contributed by atoms with Gasteiger partial charge in [0.25, 0.3) is 0 Å². The van der Waals surface area contributed by atoms with Gasteiger partial charge in [-0.15, -0.1) is 0 Å². The SMILES string of the molecule is CCC1CCC(C(NN)C2CCCCCCC2)CC1. The van der Waals surface area contributed by atoms with Crippen LogP contribution in [0.2, 0.25) is 0 Å². The number of hydrazine groups is 1. The summed E-state index contributed by atoms with van der Waals surface area (Å²) in [5.41, 5.74) is 3.22. The average Bonchev–Trinajstić information content (AvgIpc) is 2.42. The zero-order chi connectivity index (χ0) is 13.5. The molecule has 2 fully saturated rings. The molecule has 0 aliphatic heterocycles. The number of nitrogens with two attached hydrogens (primary N) is 1. The number of hydrogen-bond donors (Lipinski definition) is 2. The monoisotopic (exact) mass is 266 g/mol. The number of nitrogens with one attached hydrogen (secondary N) is 1. The minimum absolute atomic E-state index is 0.593. The summed E-state index contributed by atoms with van der Waals surface area (Å²) >= 11 is 0. The van der Waals surface area contributed by atoms with Gasteiger partial charge < -0.3 is 0 Å². The molecule has 1 unspecified atom stereocenters. The van der Waals surface area contributed by atoms with Crippen molar-refractivity contribution in [3.05, 3.63) is 0 Å². The van der Waals surface area contributed by atoms with Crippen molar-refractivity contribution in [1.82, 2.24) is 5.43 Å². The molecule has 2 heteroatoms. The Balaban J connectivity index is 1.87. The van der Waals surface area contributed by atoms with Crippen LogP contribution in [0.4, 0.5) is 0 Å². The maximum atomic E-state index is 5.94. The van der Waals surface area contributed by atoms with Gasteiger partial charge in [-0.3, -0.25) is 11.3 Å². The highest BCUT2D eigenvalue weighted by Gasteiger charge is 2.31. The quantitative estimate of drug-likeness (QED) is 0.585. The van der Waals surface area contributed by atoms with Crippen LogP contribution in [0.5, 0.6) is 0 Å². The molecule has 0 bridgehead atoms. The molecular formula is C17H34N2. The van der Waals surface area contributed by atoms with Crippen LogP contribution >= 0.6 is 0 Å². The Morgan fingerprint density at radius 2 is 1.37 bits per heavy atom. The lowest BCUT2D eigenvalue weighted by molar-refractivity contribution is 0.158. The molecule has 2 saturated carbocycles. The molecule has 0 saturated heterocycles. The van der Waals surface area contributed by atoms with Crippen molar-refractivity contribution < 1.29 is 0 Å². The Morgan fingerprint density at radius 3 is 1.89 bits per heavy atom. The van der Waals surface area contributed by atoms with Gasteiger partial charge in [0.2, 0.25) is 0 Å². The molecule has 0 radical (unpaired) electrons. The first-order chi connectivity index (χ1) is 9.35. The molecular weight excluding hydrogens is 232 g/mol. The summed E-state index contributed by atoms with van der Waals surface area (Å²) < 4.78 is 0. The van der Waals surface area contributed by atoms with E-state index in [2.05, 4.69) is 12.3 Å². The van der Waals surface area contributed by atoms with Crippen LogP contribution in [0.3, 0.4) is 0 Å². The second kappa shape index (κ2) is 8.26. The van der Waals surface area contributed by atoms with Crippen molar-refractivity contribution in [2.75, 3.05) is 0 Å². The van der Waals surface area contributed by atoms with Crippen molar-refractivity contribution in [3.8, 4) is 0 Å². The Morgan fingerprint density at radius 1 is 0.842 bits per heavy atom. The Hall–Kier alpha value is -0.0800.